The topological polar surface area (TPSA) is 29.0 Å². The summed E-state index contributed by atoms with van der Waals surface area (Å²) in [6.07, 6.45) is 4.18. The summed E-state index contributed by atoms with van der Waals surface area (Å²) in [5, 5.41) is 2.18. The van der Waals surface area contributed by atoms with Gasteiger partial charge in [-0.15, -0.1) is 11.3 Å². The molecule has 1 unspecified atom stereocenters. The van der Waals surface area contributed by atoms with Gasteiger partial charge in [-0.25, -0.2) is 9.97 Å². The molecule has 2 aromatic rings. The van der Waals surface area contributed by atoms with Crippen molar-refractivity contribution in [1.82, 2.24) is 9.97 Å². The predicted molar refractivity (Wildman–Crippen MR) is 85.5 cm³/mol. The molecule has 3 heterocycles. The van der Waals surface area contributed by atoms with Gasteiger partial charge in [0.25, 0.3) is 0 Å². The molecule has 0 aliphatic carbocycles. The summed E-state index contributed by atoms with van der Waals surface area (Å²) in [4.78, 5) is 12.0. The van der Waals surface area contributed by atoms with Crippen LogP contribution in [-0.4, -0.2) is 27.9 Å². The van der Waals surface area contributed by atoms with Crippen LogP contribution >= 0.6 is 27.3 Å². The Hall–Kier alpha value is -0.680. The lowest BCUT2D eigenvalue weighted by Crippen LogP contribution is -2.36. The lowest BCUT2D eigenvalue weighted by Gasteiger charge is -2.34. The van der Waals surface area contributed by atoms with E-state index in [1.807, 2.05) is 0 Å². The van der Waals surface area contributed by atoms with Gasteiger partial charge in [0, 0.05) is 17.9 Å². The number of fused-ring (bicyclic) bond motifs is 1. The van der Waals surface area contributed by atoms with Gasteiger partial charge in [0.2, 0.25) is 0 Å². The van der Waals surface area contributed by atoms with E-state index < -0.39 is 0 Å². The fourth-order valence-corrected chi connectivity index (χ4v) is 4.30. The summed E-state index contributed by atoms with van der Waals surface area (Å²) < 4.78 is 1.24. The van der Waals surface area contributed by atoms with Crippen molar-refractivity contribution in [2.24, 2.45) is 5.92 Å². The molecule has 1 aliphatic rings. The van der Waals surface area contributed by atoms with Crippen molar-refractivity contribution in [3.8, 4) is 0 Å². The first-order valence-electron chi connectivity index (χ1n) is 6.74. The molecule has 1 saturated heterocycles. The van der Waals surface area contributed by atoms with Crippen LogP contribution in [-0.2, 0) is 0 Å². The van der Waals surface area contributed by atoms with E-state index in [1.54, 1.807) is 17.7 Å². The van der Waals surface area contributed by atoms with Gasteiger partial charge in [0.05, 0.1) is 10.2 Å². The molecule has 0 saturated carbocycles. The van der Waals surface area contributed by atoms with E-state index in [0.717, 1.165) is 30.3 Å². The monoisotopic (exact) mass is 339 g/mol. The van der Waals surface area contributed by atoms with E-state index in [2.05, 4.69) is 50.0 Å². The number of aryl methyl sites for hydroxylation is 1. The minimum atomic E-state index is 0.615. The van der Waals surface area contributed by atoms with Crippen molar-refractivity contribution < 1.29 is 0 Å². The van der Waals surface area contributed by atoms with Crippen molar-refractivity contribution >= 4 is 43.3 Å². The van der Waals surface area contributed by atoms with Crippen molar-refractivity contribution in [2.75, 3.05) is 18.0 Å². The Morgan fingerprint density at radius 1 is 1.37 bits per heavy atom. The van der Waals surface area contributed by atoms with E-state index in [1.165, 1.54) is 23.1 Å². The molecule has 0 spiro atoms. The summed E-state index contributed by atoms with van der Waals surface area (Å²) in [6.45, 7) is 6.58. The van der Waals surface area contributed by atoms with Crippen LogP contribution in [0.2, 0.25) is 0 Å². The van der Waals surface area contributed by atoms with Gasteiger partial charge in [-0.05, 0) is 36.6 Å². The van der Waals surface area contributed by atoms with Gasteiger partial charge < -0.3 is 4.90 Å². The molecule has 3 nitrogen and oxygen atoms in total. The van der Waals surface area contributed by atoms with Crippen molar-refractivity contribution in [2.45, 2.75) is 31.5 Å². The zero-order valence-corrected chi connectivity index (χ0v) is 13.7. The maximum atomic E-state index is 4.53. The third kappa shape index (κ3) is 2.50. The molecule has 5 heteroatoms. The van der Waals surface area contributed by atoms with Crippen LogP contribution in [0.15, 0.2) is 11.7 Å². The highest BCUT2D eigenvalue weighted by Gasteiger charge is 2.24. The highest BCUT2D eigenvalue weighted by Crippen LogP contribution is 2.34. The first-order chi connectivity index (χ1) is 9.16. The van der Waals surface area contributed by atoms with Gasteiger partial charge in [0.1, 0.15) is 12.1 Å². The molecular formula is C14H18BrN3S. The summed E-state index contributed by atoms with van der Waals surface area (Å²) in [7, 11) is 0. The van der Waals surface area contributed by atoms with E-state index in [4.69, 9.17) is 0 Å². The normalized spacial score (nSPS) is 19.0. The number of hydrogen-bond donors (Lipinski definition) is 0. The molecule has 2 aromatic heterocycles. The van der Waals surface area contributed by atoms with Gasteiger partial charge in [-0.2, -0.15) is 0 Å². The lowest BCUT2D eigenvalue weighted by molar-refractivity contribution is 0.406. The van der Waals surface area contributed by atoms with Crippen LogP contribution in [0.5, 0.6) is 0 Å². The summed E-state index contributed by atoms with van der Waals surface area (Å²) in [5.41, 5.74) is 2.37. The number of thiophene rings is 1. The maximum Gasteiger partial charge on any atom is 0.150 e. The minimum Gasteiger partial charge on any atom is -0.355 e. The maximum absolute atomic E-state index is 4.53. The van der Waals surface area contributed by atoms with E-state index >= 15 is 0 Å². The summed E-state index contributed by atoms with van der Waals surface area (Å²) in [5.74, 6) is 1.92. The quantitative estimate of drug-likeness (QED) is 0.774. The Morgan fingerprint density at radius 2 is 2.11 bits per heavy atom. The van der Waals surface area contributed by atoms with Gasteiger partial charge in [-0.3, -0.25) is 0 Å². The molecule has 0 bridgehead atoms. The highest BCUT2D eigenvalue weighted by molar-refractivity contribution is 9.09. The Bertz CT molecular complexity index is 573. The largest absolute Gasteiger partial charge is 0.355 e. The van der Waals surface area contributed by atoms with Crippen molar-refractivity contribution in [3.05, 3.63) is 17.3 Å². The van der Waals surface area contributed by atoms with Crippen molar-refractivity contribution in [1.29, 1.82) is 0 Å². The van der Waals surface area contributed by atoms with Crippen molar-refractivity contribution in [3.63, 3.8) is 0 Å². The highest BCUT2D eigenvalue weighted by atomic mass is 79.9. The second kappa shape index (κ2) is 5.37. The van der Waals surface area contributed by atoms with Crippen LogP contribution in [0.25, 0.3) is 10.2 Å². The molecule has 0 N–H and O–H groups in total. The Morgan fingerprint density at radius 3 is 2.79 bits per heavy atom. The number of hydrogen-bond acceptors (Lipinski definition) is 4. The van der Waals surface area contributed by atoms with Crippen LogP contribution in [0, 0.1) is 12.8 Å². The Labute approximate surface area is 126 Å². The number of alkyl halides is 1. The standard InChI is InChI=1S/C14H18BrN3S/c1-9-7-19-13-12(9)16-8-17-14(13)18-5-3-11(4-6-18)10(2)15/h7-8,10-11H,3-6H2,1-2H3. The summed E-state index contributed by atoms with van der Waals surface area (Å²) >= 11 is 5.48. The third-order valence-corrected chi connectivity index (χ3v) is 5.83. The fourth-order valence-electron chi connectivity index (χ4n) is 2.75. The van der Waals surface area contributed by atoms with Crippen LogP contribution < -0.4 is 4.90 Å². The number of nitrogens with zero attached hydrogens (tertiary/aromatic N) is 3. The Balaban J connectivity index is 1.86. The molecule has 1 fully saturated rings. The second-order valence-corrected chi connectivity index (χ2v) is 7.62. The third-order valence-electron chi connectivity index (χ3n) is 4.00. The smallest absolute Gasteiger partial charge is 0.150 e. The lowest BCUT2D eigenvalue weighted by atomic mass is 9.94. The average molecular weight is 340 g/mol. The number of anilines is 1. The molecule has 0 aromatic carbocycles. The minimum absolute atomic E-state index is 0.615. The SMILES string of the molecule is Cc1csc2c(N3CCC(C(C)Br)CC3)ncnc12. The molecule has 0 amide bonds. The molecule has 19 heavy (non-hydrogen) atoms. The zero-order valence-electron chi connectivity index (χ0n) is 11.3. The number of aromatic nitrogens is 2. The molecule has 1 aliphatic heterocycles. The molecule has 102 valence electrons. The Kier molecular flexibility index (Phi) is 3.76. The van der Waals surface area contributed by atoms with Crippen LogP contribution in [0.3, 0.4) is 0 Å². The number of rotatable bonds is 2. The second-order valence-electron chi connectivity index (χ2n) is 5.30. The van der Waals surface area contributed by atoms with Gasteiger partial charge in [0.15, 0.2) is 0 Å². The number of piperidine rings is 1. The molecular weight excluding hydrogens is 322 g/mol. The predicted octanol–water partition coefficient (Wildman–Crippen LogP) is 4.00. The van der Waals surface area contributed by atoms with Crippen LogP contribution in [0.4, 0.5) is 5.82 Å². The summed E-state index contributed by atoms with van der Waals surface area (Å²) in [6, 6.07) is 0. The zero-order chi connectivity index (χ0) is 13.4. The van der Waals surface area contributed by atoms with Crippen LogP contribution in [0.1, 0.15) is 25.3 Å². The first-order valence-corrected chi connectivity index (χ1v) is 8.54. The average Bonchev–Trinajstić information content (AvgIpc) is 2.81. The van der Waals surface area contributed by atoms with E-state index in [9.17, 15) is 0 Å². The molecule has 0 radical (unpaired) electrons. The van der Waals surface area contributed by atoms with Gasteiger partial charge >= 0.3 is 0 Å². The molecule has 1 atom stereocenters. The fraction of sp³-hybridized carbons (Fsp3) is 0.571. The first kappa shape index (κ1) is 13.3. The molecule has 3 rings (SSSR count). The number of halogens is 1. The van der Waals surface area contributed by atoms with E-state index in [-0.39, 0.29) is 0 Å². The van der Waals surface area contributed by atoms with E-state index in [0.29, 0.717) is 4.83 Å². The van der Waals surface area contributed by atoms with Gasteiger partial charge in [-0.1, -0.05) is 22.9 Å².